The van der Waals surface area contributed by atoms with Gasteiger partial charge in [-0.25, -0.2) is 18.2 Å². The molecule has 0 saturated carbocycles. The van der Waals surface area contributed by atoms with Gasteiger partial charge in [0.25, 0.3) is 6.01 Å². The van der Waals surface area contributed by atoms with Crippen LogP contribution in [0.2, 0.25) is 0 Å². The number of para-hydroxylation sites is 2. The molecule has 12 heteroatoms. The van der Waals surface area contributed by atoms with Crippen molar-refractivity contribution in [2.24, 2.45) is 0 Å². The van der Waals surface area contributed by atoms with E-state index in [1.165, 1.54) is 4.31 Å². The molecule has 11 nitrogen and oxygen atoms in total. The molecule has 1 aliphatic heterocycles. The van der Waals surface area contributed by atoms with Gasteiger partial charge in [0.2, 0.25) is 10.0 Å². The maximum Gasteiger partial charge on any atom is 0.325 e. The maximum absolute atomic E-state index is 12.9. The second-order valence-corrected chi connectivity index (χ2v) is 10.8. The minimum absolute atomic E-state index is 0.0102. The molecule has 36 heavy (non-hydrogen) atoms. The Balaban J connectivity index is 1.02. The van der Waals surface area contributed by atoms with E-state index in [-0.39, 0.29) is 18.0 Å². The van der Waals surface area contributed by atoms with Gasteiger partial charge in [-0.3, -0.25) is 4.98 Å². The predicted molar refractivity (Wildman–Crippen MR) is 136 cm³/mol. The summed E-state index contributed by atoms with van der Waals surface area (Å²) in [6.07, 6.45) is 0.369. The van der Waals surface area contributed by atoms with Crippen LogP contribution in [0.3, 0.4) is 0 Å². The van der Waals surface area contributed by atoms with E-state index in [9.17, 15) is 13.2 Å². The molecule has 0 spiro atoms. The van der Waals surface area contributed by atoms with Gasteiger partial charge in [0.1, 0.15) is 11.3 Å². The molecule has 0 radical (unpaired) electrons. The number of hydrogen-bond donors (Lipinski definition) is 2. The molecular formula is C24H24N6O5S. The first-order valence-electron chi connectivity index (χ1n) is 11.7. The van der Waals surface area contributed by atoms with Crippen molar-refractivity contribution in [3.63, 3.8) is 0 Å². The lowest BCUT2D eigenvalue weighted by Crippen LogP contribution is -2.49. The van der Waals surface area contributed by atoms with Crippen LogP contribution in [0.25, 0.3) is 33.2 Å². The molecule has 2 N–H and O–H groups in total. The van der Waals surface area contributed by atoms with Crippen LogP contribution < -0.4 is 15.3 Å². The second-order valence-electron chi connectivity index (χ2n) is 8.69. The van der Waals surface area contributed by atoms with E-state index in [2.05, 4.69) is 19.9 Å². The number of piperazine rings is 1. The van der Waals surface area contributed by atoms with Crippen LogP contribution >= 0.6 is 0 Å². The van der Waals surface area contributed by atoms with E-state index in [1.54, 1.807) is 6.07 Å². The number of aromatic nitrogens is 4. The minimum Gasteiger partial charge on any atom is -0.494 e. The van der Waals surface area contributed by atoms with Crippen LogP contribution in [0.1, 0.15) is 6.42 Å². The van der Waals surface area contributed by atoms with E-state index in [0.717, 1.165) is 22.0 Å². The zero-order valence-corrected chi connectivity index (χ0v) is 20.1. The number of pyridine rings is 1. The average molecular weight is 509 g/mol. The van der Waals surface area contributed by atoms with Gasteiger partial charge >= 0.3 is 5.69 Å². The Hall–Kier alpha value is -3.90. The lowest BCUT2D eigenvalue weighted by atomic mass is 10.2. The van der Waals surface area contributed by atoms with Crippen LogP contribution in [0.5, 0.6) is 5.75 Å². The predicted octanol–water partition coefficient (Wildman–Crippen LogP) is 2.47. The van der Waals surface area contributed by atoms with Crippen molar-refractivity contribution >= 4 is 49.2 Å². The van der Waals surface area contributed by atoms with E-state index in [1.807, 2.05) is 47.4 Å². The normalized spacial score (nSPS) is 15.3. The highest BCUT2D eigenvalue weighted by atomic mass is 32.2. The van der Waals surface area contributed by atoms with Crippen LogP contribution in [0.4, 0.5) is 6.01 Å². The standard InChI is InChI=1S/C24H24N6O5S/c31-23-26-20-15-16-14-17(6-7-18(16)25-22(20)28-23)34-12-3-13-36(32,33)30-10-8-29(9-11-30)24-27-19-4-1-2-5-21(19)35-24/h1-2,4-7,14-15H,3,8-13H2,(H2,25,26,28,31). The number of oxazole rings is 1. The molecule has 0 bridgehead atoms. The summed E-state index contributed by atoms with van der Waals surface area (Å²) in [6.45, 7) is 2.08. The molecule has 5 aromatic rings. The number of anilines is 1. The Kier molecular flexibility index (Phi) is 5.61. The third-order valence-corrected chi connectivity index (χ3v) is 8.22. The summed E-state index contributed by atoms with van der Waals surface area (Å²) in [6, 6.07) is 15.3. The Morgan fingerprint density at radius 1 is 0.972 bits per heavy atom. The molecule has 186 valence electrons. The highest BCUT2D eigenvalue weighted by Crippen LogP contribution is 2.24. The monoisotopic (exact) mass is 508 g/mol. The highest BCUT2D eigenvalue weighted by Gasteiger charge is 2.28. The van der Waals surface area contributed by atoms with E-state index in [4.69, 9.17) is 9.15 Å². The molecule has 0 atom stereocenters. The first-order valence-corrected chi connectivity index (χ1v) is 13.3. The van der Waals surface area contributed by atoms with E-state index < -0.39 is 10.0 Å². The summed E-state index contributed by atoms with van der Waals surface area (Å²) in [5.74, 6) is 0.627. The lowest BCUT2D eigenvalue weighted by Gasteiger charge is -2.33. The summed E-state index contributed by atoms with van der Waals surface area (Å²) < 4.78 is 38.8. The molecule has 1 fully saturated rings. The van der Waals surface area contributed by atoms with Gasteiger partial charge in [-0.1, -0.05) is 12.1 Å². The molecule has 0 aliphatic carbocycles. The third-order valence-electron chi connectivity index (χ3n) is 6.27. The van der Waals surface area contributed by atoms with Gasteiger partial charge in [-0.05, 0) is 42.8 Å². The Morgan fingerprint density at radius 3 is 2.64 bits per heavy atom. The van der Waals surface area contributed by atoms with Gasteiger partial charge in [-0.15, -0.1) is 0 Å². The van der Waals surface area contributed by atoms with Crippen molar-refractivity contribution in [3.8, 4) is 5.75 Å². The molecule has 4 heterocycles. The zero-order valence-electron chi connectivity index (χ0n) is 19.3. The Labute approximate surface area is 205 Å². The number of hydrogen-bond acceptors (Lipinski definition) is 8. The molecular weight excluding hydrogens is 484 g/mol. The molecule has 1 aliphatic rings. The first-order chi connectivity index (χ1) is 17.4. The highest BCUT2D eigenvalue weighted by molar-refractivity contribution is 7.89. The number of fused-ring (bicyclic) bond motifs is 3. The Bertz CT molecular complexity index is 1680. The molecule has 3 aromatic heterocycles. The van der Waals surface area contributed by atoms with Gasteiger partial charge in [0, 0.05) is 31.6 Å². The number of nitrogens with zero attached hydrogens (tertiary/aromatic N) is 4. The number of benzene rings is 2. The summed E-state index contributed by atoms with van der Waals surface area (Å²) >= 11 is 0. The number of ether oxygens (including phenoxy) is 1. The minimum atomic E-state index is -3.40. The number of sulfonamides is 1. The third kappa shape index (κ3) is 4.40. The van der Waals surface area contributed by atoms with Crippen molar-refractivity contribution in [2.45, 2.75) is 6.42 Å². The number of aromatic amines is 2. The van der Waals surface area contributed by atoms with Crippen molar-refractivity contribution in [1.29, 1.82) is 0 Å². The number of H-pyrrole nitrogens is 2. The zero-order chi connectivity index (χ0) is 24.7. The largest absolute Gasteiger partial charge is 0.494 e. The average Bonchev–Trinajstić information content (AvgIpc) is 3.47. The maximum atomic E-state index is 12.9. The van der Waals surface area contributed by atoms with Crippen molar-refractivity contribution in [1.82, 2.24) is 24.2 Å². The topological polar surface area (TPSA) is 137 Å². The number of rotatable bonds is 7. The lowest BCUT2D eigenvalue weighted by molar-refractivity contribution is 0.315. The molecule has 0 unspecified atom stereocenters. The molecule has 2 aromatic carbocycles. The van der Waals surface area contributed by atoms with Gasteiger partial charge in [0.05, 0.1) is 23.4 Å². The van der Waals surface area contributed by atoms with Crippen LogP contribution in [0.15, 0.2) is 57.7 Å². The van der Waals surface area contributed by atoms with Crippen LogP contribution in [-0.2, 0) is 10.0 Å². The first kappa shape index (κ1) is 22.6. The SMILES string of the molecule is O=c1[nH]c2cc3cc(OCCCS(=O)(=O)N4CCN(c5nc6ccccc6o5)CC4)ccc3nc2[nH]1. The van der Waals surface area contributed by atoms with Gasteiger partial charge < -0.3 is 19.0 Å². The van der Waals surface area contributed by atoms with E-state index in [0.29, 0.717) is 55.5 Å². The summed E-state index contributed by atoms with van der Waals surface area (Å²) in [7, 11) is -3.40. The van der Waals surface area contributed by atoms with Crippen molar-refractivity contribution < 1.29 is 17.6 Å². The summed E-state index contributed by atoms with van der Waals surface area (Å²) in [5.41, 5.74) is 3.05. The fourth-order valence-electron chi connectivity index (χ4n) is 4.41. The van der Waals surface area contributed by atoms with Gasteiger partial charge in [0.15, 0.2) is 11.2 Å². The Morgan fingerprint density at radius 2 is 1.81 bits per heavy atom. The van der Waals surface area contributed by atoms with Gasteiger partial charge in [-0.2, -0.15) is 9.29 Å². The fourth-order valence-corrected chi connectivity index (χ4v) is 5.87. The van der Waals surface area contributed by atoms with E-state index >= 15 is 0 Å². The molecule has 6 rings (SSSR count). The summed E-state index contributed by atoms with van der Waals surface area (Å²) in [5, 5.41) is 0.819. The fraction of sp³-hybridized carbons (Fsp3) is 0.292. The number of imidazole rings is 1. The number of nitrogens with one attached hydrogen (secondary N) is 2. The summed E-state index contributed by atoms with van der Waals surface area (Å²) in [4.78, 5) is 27.7. The van der Waals surface area contributed by atoms with Crippen LogP contribution in [0, 0.1) is 0 Å². The molecule has 1 saturated heterocycles. The smallest absolute Gasteiger partial charge is 0.325 e. The second kappa shape index (κ2) is 8.95. The van der Waals surface area contributed by atoms with Crippen LogP contribution in [-0.4, -0.2) is 71.2 Å². The molecule has 0 amide bonds. The van der Waals surface area contributed by atoms with Crippen molar-refractivity contribution in [3.05, 3.63) is 59.0 Å². The quantitative estimate of drug-likeness (QED) is 0.320. The van der Waals surface area contributed by atoms with Crippen molar-refractivity contribution in [2.75, 3.05) is 43.4 Å².